The minimum absolute atomic E-state index is 0.237. The van der Waals surface area contributed by atoms with Crippen molar-refractivity contribution < 1.29 is 9.90 Å². The summed E-state index contributed by atoms with van der Waals surface area (Å²) in [6.45, 7) is 2.03. The summed E-state index contributed by atoms with van der Waals surface area (Å²) in [5.74, 6) is -1.22. The van der Waals surface area contributed by atoms with E-state index in [0.717, 1.165) is 16.7 Å². The van der Waals surface area contributed by atoms with Crippen LogP contribution in [0.3, 0.4) is 0 Å². The Morgan fingerprint density at radius 3 is 2.40 bits per heavy atom. The minimum atomic E-state index is -0.955. The van der Waals surface area contributed by atoms with Crippen LogP contribution in [0.1, 0.15) is 33.0 Å². The van der Waals surface area contributed by atoms with Crippen molar-refractivity contribution in [3.05, 3.63) is 70.8 Å². The van der Waals surface area contributed by atoms with Crippen molar-refractivity contribution in [2.45, 2.75) is 19.3 Å². The SMILES string of the molecule is Cc1ccccc1CC(C#N)c1ccc(C(=O)O)cc1. The lowest BCUT2D eigenvalue weighted by Crippen LogP contribution is -2.03. The lowest BCUT2D eigenvalue weighted by atomic mass is 9.91. The van der Waals surface area contributed by atoms with Gasteiger partial charge in [0.15, 0.2) is 0 Å². The number of rotatable bonds is 4. The van der Waals surface area contributed by atoms with E-state index in [1.54, 1.807) is 24.3 Å². The summed E-state index contributed by atoms with van der Waals surface area (Å²) in [7, 11) is 0. The van der Waals surface area contributed by atoms with Gasteiger partial charge in [0.2, 0.25) is 0 Å². The number of carbonyl (C=O) groups is 1. The van der Waals surface area contributed by atoms with Gasteiger partial charge in [0.25, 0.3) is 0 Å². The summed E-state index contributed by atoms with van der Waals surface area (Å²) in [5, 5.41) is 18.2. The largest absolute Gasteiger partial charge is 0.478 e. The molecule has 100 valence electrons. The number of carboxylic acid groups (broad SMARTS) is 1. The number of aromatic carboxylic acids is 1. The van der Waals surface area contributed by atoms with Crippen LogP contribution in [0, 0.1) is 18.3 Å². The molecule has 20 heavy (non-hydrogen) atoms. The summed E-state index contributed by atoms with van der Waals surface area (Å²) < 4.78 is 0. The zero-order valence-corrected chi connectivity index (χ0v) is 11.2. The maximum absolute atomic E-state index is 10.8. The maximum atomic E-state index is 10.8. The summed E-state index contributed by atoms with van der Waals surface area (Å²) in [6, 6.07) is 16.8. The zero-order valence-electron chi connectivity index (χ0n) is 11.2. The molecule has 0 bridgehead atoms. The van der Waals surface area contributed by atoms with Crippen molar-refractivity contribution >= 4 is 5.97 Å². The third kappa shape index (κ3) is 3.04. The minimum Gasteiger partial charge on any atom is -0.478 e. The average molecular weight is 265 g/mol. The Morgan fingerprint density at radius 2 is 1.85 bits per heavy atom. The second kappa shape index (κ2) is 6.03. The quantitative estimate of drug-likeness (QED) is 0.919. The van der Waals surface area contributed by atoms with Gasteiger partial charge in [-0.25, -0.2) is 4.79 Å². The monoisotopic (exact) mass is 265 g/mol. The van der Waals surface area contributed by atoms with E-state index in [4.69, 9.17) is 5.11 Å². The van der Waals surface area contributed by atoms with Gasteiger partial charge in [-0.2, -0.15) is 5.26 Å². The molecule has 0 spiro atoms. The van der Waals surface area contributed by atoms with Gasteiger partial charge in [0.05, 0.1) is 17.6 Å². The molecule has 0 saturated carbocycles. The number of carboxylic acids is 1. The first-order valence-corrected chi connectivity index (χ1v) is 6.39. The molecule has 0 aliphatic heterocycles. The fourth-order valence-electron chi connectivity index (χ4n) is 2.16. The zero-order chi connectivity index (χ0) is 14.5. The highest BCUT2D eigenvalue weighted by Gasteiger charge is 2.13. The molecule has 3 nitrogen and oxygen atoms in total. The second-order valence-electron chi connectivity index (χ2n) is 4.74. The molecule has 0 saturated heterocycles. The first-order chi connectivity index (χ1) is 9.61. The predicted octanol–water partition coefficient (Wildman–Crippen LogP) is 3.54. The van der Waals surface area contributed by atoms with E-state index in [0.29, 0.717) is 6.42 Å². The van der Waals surface area contributed by atoms with Crippen molar-refractivity contribution in [3.8, 4) is 6.07 Å². The Bertz CT molecular complexity index is 653. The summed E-state index contributed by atoms with van der Waals surface area (Å²) in [5.41, 5.74) is 3.39. The van der Waals surface area contributed by atoms with Crippen LogP contribution in [0.25, 0.3) is 0 Å². The van der Waals surface area contributed by atoms with Gasteiger partial charge >= 0.3 is 5.97 Å². The van der Waals surface area contributed by atoms with Crippen molar-refractivity contribution in [1.29, 1.82) is 5.26 Å². The molecule has 0 radical (unpaired) electrons. The molecule has 2 aromatic carbocycles. The summed E-state index contributed by atoms with van der Waals surface area (Å²) in [4.78, 5) is 10.8. The Kier molecular flexibility index (Phi) is 4.17. The number of hydrogen-bond donors (Lipinski definition) is 1. The maximum Gasteiger partial charge on any atom is 0.335 e. The van der Waals surface area contributed by atoms with E-state index in [1.165, 1.54) is 0 Å². The van der Waals surface area contributed by atoms with Gasteiger partial charge < -0.3 is 5.11 Å². The fourth-order valence-corrected chi connectivity index (χ4v) is 2.16. The third-order valence-electron chi connectivity index (χ3n) is 3.40. The molecule has 0 amide bonds. The Labute approximate surface area is 118 Å². The molecular weight excluding hydrogens is 250 g/mol. The molecule has 2 rings (SSSR count). The van der Waals surface area contributed by atoms with Crippen LogP contribution >= 0.6 is 0 Å². The van der Waals surface area contributed by atoms with E-state index in [1.807, 2.05) is 31.2 Å². The van der Waals surface area contributed by atoms with Crippen LogP contribution < -0.4 is 0 Å². The molecule has 0 aliphatic rings. The molecule has 2 aromatic rings. The molecule has 1 N–H and O–H groups in total. The van der Waals surface area contributed by atoms with Crippen LogP contribution in [0.2, 0.25) is 0 Å². The smallest absolute Gasteiger partial charge is 0.335 e. The molecule has 1 unspecified atom stereocenters. The second-order valence-corrected chi connectivity index (χ2v) is 4.74. The topological polar surface area (TPSA) is 61.1 Å². The number of benzene rings is 2. The summed E-state index contributed by atoms with van der Waals surface area (Å²) >= 11 is 0. The van der Waals surface area contributed by atoms with Crippen molar-refractivity contribution in [3.63, 3.8) is 0 Å². The van der Waals surface area contributed by atoms with Crippen LogP contribution in [0.4, 0.5) is 0 Å². The lowest BCUT2D eigenvalue weighted by molar-refractivity contribution is 0.0697. The number of hydrogen-bond acceptors (Lipinski definition) is 2. The lowest BCUT2D eigenvalue weighted by Gasteiger charge is -2.11. The van der Waals surface area contributed by atoms with Gasteiger partial charge in [0.1, 0.15) is 0 Å². The van der Waals surface area contributed by atoms with Gasteiger partial charge in [-0.05, 0) is 42.2 Å². The molecule has 3 heteroatoms. The van der Waals surface area contributed by atoms with Gasteiger partial charge in [-0.15, -0.1) is 0 Å². The van der Waals surface area contributed by atoms with Crippen LogP contribution in [0.5, 0.6) is 0 Å². The molecule has 0 aliphatic carbocycles. The van der Waals surface area contributed by atoms with Crippen LogP contribution in [0.15, 0.2) is 48.5 Å². The number of nitriles is 1. The average Bonchev–Trinajstić information content (AvgIpc) is 2.46. The van der Waals surface area contributed by atoms with E-state index in [-0.39, 0.29) is 11.5 Å². The first kappa shape index (κ1) is 13.8. The van der Waals surface area contributed by atoms with E-state index >= 15 is 0 Å². The van der Waals surface area contributed by atoms with Gasteiger partial charge in [0, 0.05) is 0 Å². The molecular formula is C17H15NO2. The highest BCUT2D eigenvalue weighted by atomic mass is 16.4. The molecule has 1 atom stereocenters. The molecule has 0 aromatic heterocycles. The molecule has 0 heterocycles. The number of nitrogens with zero attached hydrogens (tertiary/aromatic N) is 1. The van der Waals surface area contributed by atoms with Crippen molar-refractivity contribution in [1.82, 2.24) is 0 Å². The summed E-state index contributed by atoms with van der Waals surface area (Å²) in [6.07, 6.45) is 0.635. The Morgan fingerprint density at radius 1 is 1.20 bits per heavy atom. The van der Waals surface area contributed by atoms with E-state index < -0.39 is 5.97 Å². The highest BCUT2D eigenvalue weighted by molar-refractivity contribution is 5.87. The van der Waals surface area contributed by atoms with Crippen molar-refractivity contribution in [2.24, 2.45) is 0 Å². The predicted molar refractivity (Wildman–Crippen MR) is 76.6 cm³/mol. The normalized spacial score (nSPS) is 11.6. The van der Waals surface area contributed by atoms with E-state index in [9.17, 15) is 10.1 Å². The highest BCUT2D eigenvalue weighted by Crippen LogP contribution is 2.22. The number of aryl methyl sites for hydroxylation is 1. The fraction of sp³-hybridized carbons (Fsp3) is 0.176. The Hall–Kier alpha value is -2.60. The van der Waals surface area contributed by atoms with Crippen LogP contribution in [-0.4, -0.2) is 11.1 Å². The first-order valence-electron chi connectivity index (χ1n) is 6.39. The third-order valence-corrected chi connectivity index (χ3v) is 3.40. The van der Waals surface area contributed by atoms with Crippen LogP contribution in [-0.2, 0) is 6.42 Å². The van der Waals surface area contributed by atoms with Gasteiger partial charge in [-0.1, -0.05) is 36.4 Å². The molecule has 0 fully saturated rings. The van der Waals surface area contributed by atoms with Crippen molar-refractivity contribution in [2.75, 3.05) is 0 Å². The standard InChI is InChI=1S/C17H15NO2/c1-12-4-2-3-5-15(12)10-16(11-18)13-6-8-14(9-7-13)17(19)20/h2-9,16H,10H2,1H3,(H,19,20). The Balaban J connectivity index is 2.23. The van der Waals surface area contributed by atoms with Gasteiger partial charge in [-0.3, -0.25) is 0 Å². The van der Waals surface area contributed by atoms with E-state index in [2.05, 4.69) is 6.07 Å².